The number of carbonyl (C=O) groups excluding carboxylic acids is 2. The second kappa shape index (κ2) is 20.6. The van der Waals surface area contributed by atoms with Gasteiger partial charge in [-0.05, 0) is 24.9 Å². The summed E-state index contributed by atoms with van der Waals surface area (Å²) >= 11 is 1.57. The van der Waals surface area contributed by atoms with Gasteiger partial charge < -0.3 is 15.2 Å². The molecule has 0 aliphatic heterocycles. The number of aliphatic carboxylic acids is 1. The van der Waals surface area contributed by atoms with Gasteiger partial charge in [-0.3, -0.25) is 4.79 Å². The van der Waals surface area contributed by atoms with E-state index in [9.17, 15) is 14.7 Å². The summed E-state index contributed by atoms with van der Waals surface area (Å²) in [4.78, 5) is 22.7. The first kappa shape index (κ1) is 27.5. The van der Waals surface area contributed by atoms with Gasteiger partial charge in [0.25, 0.3) is 0 Å². The van der Waals surface area contributed by atoms with Crippen molar-refractivity contribution in [3.05, 3.63) is 0 Å². The van der Waals surface area contributed by atoms with Crippen molar-refractivity contribution in [1.29, 1.82) is 0 Å². The van der Waals surface area contributed by atoms with Crippen LogP contribution in [0.3, 0.4) is 0 Å². The summed E-state index contributed by atoms with van der Waals surface area (Å²) in [7, 11) is 0. The van der Waals surface area contributed by atoms with Crippen molar-refractivity contribution in [2.24, 2.45) is 0 Å². The molecular weight excluding hydrogens is 345 g/mol. The summed E-state index contributed by atoms with van der Waals surface area (Å²) in [5, 5.41) is 13.5. The molecular formula is C19H36NNaO3S. The molecule has 0 heterocycles. The van der Waals surface area contributed by atoms with Crippen molar-refractivity contribution in [1.82, 2.24) is 5.32 Å². The molecule has 0 aromatic heterocycles. The van der Waals surface area contributed by atoms with E-state index in [1.807, 2.05) is 6.26 Å². The molecule has 0 aromatic carbocycles. The number of carbonyl (C=O) groups is 2. The second-order valence-corrected chi connectivity index (χ2v) is 7.49. The Bertz CT molecular complexity index is 330. The van der Waals surface area contributed by atoms with E-state index in [1.165, 1.54) is 57.8 Å². The van der Waals surface area contributed by atoms with Crippen molar-refractivity contribution in [3.8, 4) is 0 Å². The van der Waals surface area contributed by atoms with Crippen LogP contribution in [0.5, 0.6) is 0 Å². The smallest absolute Gasteiger partial charge is 0.548 e. The standard InChI is InChI=1S/C19H37NO3S.Na/c1-3-4-5-6-7-8-9-10-11-12-13-14-18(21)20-17(19(22)23)15-16-24-2;/h17H,3-16H2,1-2H3,(H,20,21)(H,22,23);/q;+1/p-1/t17-;/m0./s1. The average Bonchev–Trinajstić information content (AvgIpc) is 2.56. The third-order valence-electron chi connectivity index (χ3n) is 4.24. The minimum Gasteiger partial charge on any atom is -0.548 e. The maximum atomic E-state index is 11.8. The van der Waals surface area contributed by atoms with Crippen molar-refractivity contribution in [2.45, 2.75) is 96.4 Å². The normalized spacial score (nSPS) is 11.6. The van der Waals surface area contributed by atoms with Crippen LogP contribution >= 0.6 is 11.8 Å². The van der Waals surface area contributed by atoms with Crippen LogP contribution in [-0.4, -0.2) is 29.9 Å². The van der Waals surface area contributed by atoms with Crippen molar-refractivity contribution in [2.75, 3.05) is 12.0 Å². The number of hydrogen-bond donors (Lipinski definition) is 1. The third-order valence-corrected chi connectivity index (χ3v) is 4.88. The molecule has 4 nitrogen and oxygen atoms in total. The zero-order valence-electron chi connectivity index (χ0n) is 16.6. The van der Waals surface area contributed by atoms with E-state index in [0.29, 0.717) is 18.6 Å². The number of carboxylic acids is 1. The van der Waals surface area contributed by atoms with Gasteiger partial charge in [-0.15, -0.1) is 0 Å². The van der Waals surface area contributed by atoms with Gasteiger partial charge in [0.2, 0.25) is 5.91 Å². The van der Waals surface area contributed by atoms with Crippen molar-refractivity contribution in [3.63, 3.8) is 0 Å². The molecule has 0 rings (SSSR count). The van der Waals surface area contributed by atoms with E-state index in [4.69, 9.17) is 0 Å². The van der Waals surface area contributed by atoms with Crippen LogP contribution in [0.4, 0.5) is 0 Å². The first-order chi connectivity index (χ1) is 11.6. The second-order valence-electron chi connectivity index (χ2n) is 6.51. The van der Waals surface area contributed by atoms with Crippen LogP contribution in [-0.2, 0) is 9.59 Å². The molecule has 0 fully saturated rings. The van der Waals surface area contributed by atoms with Crippen molar-refractivity contribution >= 4 is 23.6 Å². The third kappa shape index (κ3) is 18.9. The van der Waals surface area contributed by atoms with Crippen LogP contribution in [0.25, 0.3) is 0 Å². The Labute approximate surface area is 181 Å². The van der Waals surface area contributed by atoms with Crippen LogP contribution in [0.2, 0.25) is 0 Å². The molecule has 25 heavy (non-hydrogen) atoms. The monoisotopic (exact) mass is 381 g/mol. The quantitative estimate of drug-likeness (QED) is 0.297. The Morgan fingerprint density at radius 3 is 1.84 bits per heavy atom. The summed E-state index contributed by atoms with van der Waals surface area (Å²) in [5.41, 5.74) is 0. The molecule has 0 aliphatic rings. The van der Waals surface area contributed by atoms with Gasteiger partial charge in [0, 0.05) is 6.42 Å². The zero-order valence-corrected chi connectivity index (χ0v) is 19.4. The Kier molecular flexibility index (Phi) is 22.7. The Balaban J connectivity index is 0. The summed E-state index contributed by atoms with van der Waals surface area (Å²) in [5.74, 6) is -0.644. The number of carboxylic acid groups (broad SMARTS) is 1. The first-order valence-corrected chi connectivity index (χ1v) is 11.0. The first-order valence-electron chi connectivity index (χ1n) is 9.61. The summed E-state index contributed by atoms with van der Waals surface area (Å²) in [6, 6.07) is -0.849. The molecule has 0 radical (unpaired) electrons. The molecule has 6 heteroatoms. The molecule has 0 saturated heterocycles. The topological polar surface area (TPSA) is 69.2 Å². The molecule has 1 N–H and O–H groups in total. The average molecular weight is 382 g/mol. The maximum Gasteiger partial charge on any atom is 1.00 e. The van der Waals surface area contributed by atoms with Gasteiger partial charge in [-0.25, -0.2) is 0 Å². The fourth-order valence-corrected chi connectivity index (χ4v) is 3.17. The number of thioether (sulfide) groups is 1. The van der Waals surface area contributed by atoms with Crippen LogP contribution in [0, 0.1) is 0 Å². The minimum absolute atomic E-state index is 0. The van der Waals surface area contributed by atoms with Crippen LogP contribution in [0.15, 0.2) is 0 Å². The Morgan fingerprint density at radius 2 is 1.40 bits per heavy atom. The molecule has 0 saturated carbocycles. The largest absolute Gasteiger partial charge is 1.00 e. The van der Waals surface area contributed by atoms with E-state index in [1.54, 1.807) is 11.8 Å². The van der Waals surface area contributed by atoms with Gasteiger partial charge in [0.15, 0.2) is 0 Å². The summed E-state index contributed by atoms with van der Waals surface area (Å²) in [6.45, 7) is 2.24. The molecule has 1 amide bonds. The fraction of sp³-hybridized carbons (Fsp3) is 0.895. The predicted octanol–water partition coefficient (Wildman–Crippen LogP) is 0.679. The predicted molar refractivity (Wildman–Crippen MR) is 101 cm³/mol. The van der Waals surface area contributed by atoms with Gasteiger partial charge in [0.1, 0.15) is 0 Å². The SMILES string of the molecule is CCCCCCCCCCCCCC(=O)N[C@@H](CCSC)C(=O)[O-].[Na+]. The van der Waals surface area contributed by atoms with E-state index in [2.05, 4.69) is 12.2 Å². The zero-order chi connectivity index (χ0) is 18.0. The maximum absolute atomic E-state index is 11.8. The molecule has 0 spiro atoms. The van der Waals surface area contributed by atoms with E-state index >= 15 is 0 Å². The fourth-order valence-electron chi connectivity index (χ4n) is 2.70. The number of nitrogens with one attached hydrogen (secondary N) is 1. The number of unbranched alkanes of at least 4 members (excludes halogenated alkanes) is 10. The van der Waals surface area contributed by atoms with Gasteiger partial charge in [-0.2, -0.15) is 11.8 Å². The molecule has 1 atom stereocenters. The van der Waals surface area contributed by atoms with E-state index < -0.39 is 12.0 Å². The Morgan fingerprint density at radius 1 is 0.920 bits per heavy atom. The number of rotatable bonds is 17. The van der Waals surface area contributed by atoms with E-state index in [0.717, 1.165) is 12.8 Å². The van der Waals surface area contributed by atoms with Gasteiger partial charge in [-0.1, -0.05) is 71.1 Å². The molecule has 0 bridgehead atoms. The summed E-state index contributed by atoms with van der Waals surface area (Å²) in [6.07, 6.45) is 16.4. The Hall–Kier alpha value is 0.290. The van der Waals surface area contributed by atoms with Crippen molar-refractivity contribution < 1.29 is 44.3 Å². The molecule has 142 valence electrons. The number of amides is 1. The molecule has 0 unspecified atom stereocenters. The van der Waals surface area contributed by atoms with Crippen LogP contribution < -0.4 is 40.0 Å². The van der Waals surface area contributed by atoms with Crippen LogP contribution in [0.1, 0.15) is 90.4 Å². The van der Waals surface area contributed by atoms with Gasteiger partial charge in [0.05, 0.1) is 12.0 Å². The summed E-state index contributed by atoms with van der Waals surface area (Å²) < 4.78 is 0. The van der Waals surface area contributed by atoms with Gasteiger partial charge >= 0.3 is 29.6 Å². The molecule has 0 aliphatic carbocycles. The minimum atomic E-state index is -1.18. The van der Waals surface area contributed by atoms with E-state index in [-0.39, 0.29) is 35.5 Å². The number of hydrogen-bond acceptors (Lipinski definition) is 4. The molecule has 0 aromatic rings.